The van der Waals surface area contributed by atoms with E-state index in [1.807, 2.05) is 0 Å². The SMILES string of the molecule is O=C(Cc1c(F)c(F)c(F)c(F)c1F)Nc1nc(-c2cc(Cl)sc2Cl)cs1. The molecule has 1 aromatic carbocycles. The molecule has 0 atom stereocenters. The van der Waals surface area contributed by atoms with Gasteiger partial charge in [-0.1, -0.05) is 23.2 Å². The van der Waals surface area contributed by atoms with E-state index in [1.54, 1.807) is 11.4 Å². The summed E-state index contributed by atoms with van der Waals surface area (Å²) in [6, 6.07) is 1.57. The molecule has 0 unspecified atom stereocenters. The molecule has 0 fully saturated rings. The number of halogens is 7. The molecule has 3 nitrogen and oxygen atoms in total. The van der Waals surface area contributed by atoms with Crippen molar-refractivity contribution in [2.45, 2.75) is 6.42 Å². The van der Waals surface area contributed by atoms with Gasteiger partial charge in [-0.2, -0.15) is 0 Å². The first kappa shape index (κ1) is 20.0. The molecule has 142 valence electrons. The molecule has 0 aliphatic heterocycles. The standard InChI is InChI=1S/C15H5Cl2F5N2OS2/c16-7-1-4(14(17)27-7)6-3-26-15(23-6)24-8(25)2-5-9(18)11(20)13(22)12(21)10(5)19/h1,3H,2H2,(H,23,24,25). The maximum Gasteiger partial charge on any atom is 0.230 e. The number of thiazole rings is 1. The Morgan fingerprint density at radius 2 is 1.63 bits per heavy atom. The molecule has 3 aromatic rings. The molecule has 1 N–H and O–H groups in total. The van der Waals surface area contributed by atoms with Crippen LogP contribution in [0.1, 0.15) is 5.56 Å². The molecule has 1 amide bonds. The van der Waals surface area contributed by atoms with Crippen LogP contribution in [0.5, 0.6) is 0 Å². The van der Waals surface area contributed by atoms with Gasteiger partial charge in [0.15, 0.2) is 28.4 Å². The molecule has 3 rings (SSSR count). The van der Waals surface area contributed by atoms with Crippen molar-refractivity contribution in [1.29, 1.82) is 0 Å². The number of nitrogens with zero attached hydrogens (tertiary/aromatic N) is 1. The van der Waals surface area contributed by atoms with Gasteiger partial charge in [-0.3, -0.25) is 4.79 Å². The molecule has 0 aliphatic carbocycles. The van der Waals surface area contributed by atoms with Crippen molar-refractivity contribution in [2.75, 3.05) is 5.32 Å². The minimum atomic E-state index is -2.29. The fourth-order valence-electron chi connectivity index (χ4n) is 2.10. The number of nitrogens with one attached hydrogen (secondary N) is 1. The quantitative estimate of drug-likeness (QED) is 0.293. The van der Waals surface area contributed by atoms with Gasteiger partial charge in [0.1, 0.15) is 4.34 Å². The molecule has 2 aromatic heterocycles. The molecule has 0 spiro atoms. The van der Waals surface area contributed by atoms with Crippen molar-refractivity contribution in [1.82, 2.24) is 4.98 Å². The third-order valence-electron chi connectivity index (χ3n) is 3.32. The fraction of sp³-hybridized carbons (Fsp3) is 0.0667. The van der Waals surface area contributed by atoms with E-state index in [9.17, 15) is 26.7 Å². The Morgan fingerprint density at radius 1 is 1.04 bits per heavy atom. The van der Waals surface area contributed by atoms with E-state index in [0.717, 1.165) is 22.7 Å². The minimum absolute atomic E-state index is 0.0530. The van der Waals surface area contributed by atoms with Gasteiger partial charge in [0.05, 0.1) is 16.5 Å². The highest BCUT2D eigenvalue weighted by atomic mass is 35.5. The third kappa shape index (κ3) is 3.93. The number of hydrogen-bond donors (Lipinski definition) is 1. The molecule has 0 saturated carbocycles. The summed E-state index contributed by atoms with van der Waals surface area (Å²) in [5.74, 6) is -11.6. The zero-order chi connectivity index (χ0) is 19.9. The fourth-order valence-corrected chi connectivity index (χ4v) is 4.31. The summed E-state index contributed by atoms with van der Waals surface area (Å²) in [5.41, 5.74) is -0.295. The number of carbonyl (C=O) groups is 1. The highest BCUT2D eigenvalue weighted by Gasteiger charge is 2.27. The van der Waals surface area contributed by atoms with E-state index in [1.165, 1.54) is 0 Å². The van der Waals surface area contributed by atoms with E-state index in [-0.39, 0.29) is 5.13 Å². The van der Waals surface area contributed by atoms with Crippen molar-refractivity contribution >= 4 is 56.9 Å². The Hall–Kier alpha value is -1.75. The Morgan fingerprint density at radius 3 is 2.19 bits per heavy atom. The van der Waals surface area contributed by atoms with Crippen LogP contribution in [-0.2, 0) is 11.2 Å². The number of anilines is 1. The molecule has 0 aliphatic rings. The summed E-state index contributed by atoms with van der Waals surface area (Å²) < 4.78 is 67.5. The number of carbonyl (C=O) groups excluding carboxylic acids is 1. The van der Waals surface area contributed by atoms with E-state index in [4.69, 9.17) is 23.2 Å². The smallest absolute Gasteiger partial charge is 0.230 e. The van der Waals surface area contributed by atoms with Crippen molar-refractivity contribution < 1.29 is 26.7 Å². The van der Waals surface area contributed by atoms with Crippen LogP contribution < -0.4 is 5.32 Å². The lowest BCUT2D eigenvalue weighted by molar-refractivity contribution is -0.115. The molecule has 0 radical (unpaired) electrons. The van der Waals surface area contributed by atoms with Gasteiger partial charge < -0.3 is 5.32 Å². The molecular formula is C15H5Cl2F5N2OS2. The number of rotatable bonds is 4. The molecule has 0 saturated heterocycles. The van der Waals surface area contributed by atoms with E-state index >= 15 is 0 Å². The molecule has 0 bridgehead atoms. The van der Waals surface area contributed by atoms with Crippen LogP contribution in [-0.4, -0.2) is 10.9 Å². The van der Waals surface area contributed by atoms with Crippen molar-refractivity contribution in [3.05, 3.63) is 54.8 Å². The highest BCUT2D eigenvalue weighted by Crippen LogP contribution is 2.39. The predicted molar refractivity (Wildman–Crippen MR) is 94.0 cm³/mol. The van der Waals surface area contributed by atoms with Crippen LogP contribution in [0.15, 0.2) is 11.4 Å². The highest BCUT2D eigenvalue weighted by molar-refractivity contribution is 7.20. The summed E-state index contributed by atoms with van der Waals surface area (Å²) in [5, 5.41) is 3.85. The molecular weight excluding hydrogens is 454 g/mol. The van der Waals surface area contributed by atoms with Crippen LogP contribution in [0.2, 0.25) is 8.67 Å². The normalized spacial score (nSPS) is 11.1. The predicted octanol–water partition coefficient (Wildman–Crippen LogP) is 6.06. The first-order valence-corrected chi connectivity index (χ1v) is 9.35. The lowest BCUT2D eigenvalue weighted by atomic mass is 10.1. The van der Waals surface area contributed by atoms with Crippen LogP contribution in [0.4, 0.5) is 27.1 Å². The Balaban J connectivity index is 1.79. The van der Waals surface area contributed by atoms with E-state index in [0.29, 0.717) is 19.9 Å². The lowest BCUT2D eigenvalue weighted by Gasteiger charge is -2.07. The number of hydrogen-bond acceptors (Lipinski definition) is 4. The summed E-state index contributed by atoms with van der Waals surface area (Å²) >= 11 is 14.0. The topological polar surface area (TPSA) is 42.0 Å². The average Bonchev–Trinajstić information content (AvgIpc) is 3.20. The summed E-state index contributed by atoms with van der Waals surface area (Å²) in [4.78, 5) is 16.0. The zero-order valence-electron chi connectivity index (χ0n) is 12.7. The molecule has 27 heavy (non-hydrogen) atoms. The number of benzene rings is 1. The second-order valence-corrected chi connectivity index (χ2v) is 8.19. The molecule has 12 heteroatoms. The number of thiophene rings is 1. The van der Waals surface area contributed by atoms with Gasteiger partial charge in [0.2, 0.25) is 11.7 Å². The third-order valence-corrected chi connectivity index (χ3v) is 5.57. The van der Waals surface area contributed by atoms with E-state index < -0.39 is 47.0 Å². The van der Waals surface area contributed by atoms with Gasteiger partial charge >= 0.3 is 0 Å². The first-order valence-electron chi connectivity index (χ1n) is 6.90. The van der Waals surface area contributed by atoms with Gasteiger partial charge in [-0.05, 0) is 6.07 Å². The van der Waals surface area contributed by atoms with Gasteiger partial charge in [-0.25, -0.2) is 26.9 Å². The van der Waals surface area contributed by atoms with Crippen LogP contribution in [0.3, 0.4) is 0 Å². The van der Waals surface area contributed by atoms with Crippen LogP contribution in [0, 0.1) is 29.1 Å². The Kier molecular flexibility index (Phi) is 5.71. The average molecular weight is 459 g/mol. The van der Waals surface area contributed by atoms with Crippen molar-refractivity contribution in [3.8, 4) is 11.3 Å². The van der Waals surface area contributed by atoms with Gasteiger partial charge in [-0.15, -0.1) is 22.7 Å². The first-order chi connectivity index (χ1) is 12.7. The second-order valence-electron chi connectivity index (χ2n) is 5.05. The largest absolute Gasteiger partial charge is 0.302 e. The van der Waals surface area contributed by atoms with Crippen LogP contribution >= 0.6 is 45.9 Å². The zero-order valence-corrected chi connectivity index (χ0v) is 15.8. The van der Waals surface area contributed by atoms with E-state index in [2.05, 4.69) is 10.3 Å². The lowest BCUT2D eigenvalue weighted by Crippen LogP contribution is -2.18. The van der Waals surface area contributed by atoms with Crippen LogP contribution in [0.25, 0.3) is 11.3 Å². The summed E-state index contributed by atoms with van der Waals surface area (Å²) in [6.45, 7) is 0. The van der Waals surface area contributed by atoms with Crippen molar-refractivity contribution in [3.63, 3.8) is 0 Å². The number of aromatic nitrogens is 1. The monoisotopic (exact) mass is 458 g/mol. The van der Waals surface area contributed by atoms with Gasteiger partial charge in [0.25, 0.3) is 0 Å². The maximum absolute atomic E-state index is 13.6. The number of amides is 1. The Labute approximate surface area is 166 Å². The molecule has 2 heterocycles. The summed E-state index contributed by atoms with van der Waals surface area (Å²) in [7, 11) is 0. The second kappa shape index (κ2) is 7.70. The Bertz CT molecular complexity index is 1020. The minimum Gasteiger partial charge on any atom is -0.302 e. The maximum atomic E-state index is 13.6. The van der Waals surface area contributed by atoms with Gasteiger partial charge in [0, 0.05) is 16.5 Å². The van der Waals surface area contributed by atoms with Crippen molar-refractivity contribution in [2.24, 2.45) is 0 Å². The summed E-state index contributed by atoms with van der Waals surface area (Å²) in [6.07, 6.45) is -1.06.